The molecule has 1 amide bonds. The van der Waals surface area contributed by atoms with E-state index in [1.54, 1.807) is 25.1 Å². The molecule has 0 saturated carbocycles. The zero-order valence-electron chi connectivity index (χ0n) is 12.6. The van der Waals surface area contributed by atoms with Gasteiger partial charge in [0.2, 0.25) is 11.0 Å². The van der Waals surface area contributed by atoms with Crippen molar-refractivity contribution in [2.24, 2.45) is 0 Å². The molecule has 23 heavy (non-hydrogen) atoms. The minimum atomic E-state index is -0.336. The number of aromatic nitrogens is 2. The quantitative estimate of drug-likeness (QED) is 0.665. The van der Waals surface area contributed by atoms with Gasteiger partial charge >= 0.3 is 0 Å². The number of anilines is 2. The predicted molar refractivity (Wildman–Crippen MR) is 99.1 cm³/mol. The number of carbonyl (C=O) groups is 1. The first-order valence-corrected chi connectivity index (χ1v) is 9.45. The lowest BCUT2D eigenvalue weighted by molar-refractivity contribution is -0.115. The largest absolute Gasteiger partial charge is 0.360 e. The molecule has 0 bridgehead atoms. The Morgan fingerprint density at radius 3 is 2.91 bits per heavy atom. The van der Waals surface area contributed by atoms with Crippen molar-refractivity contribution in [2.45, 2.75) is 29.9 Å². The molecule has 0 spiro atoms. The number of carbonyl (C=O) groups excluding carboxylic acids is 1. The maximum absolute atomic E-state index is 12.3. The van der Waals surface area contributed by atoms with Crippen LogP contribution in [0.25, 0.3) is 0 Å². The Labute approximate surface area is 153 Å². The molecular formula is C14H16Cl2N4OS2. The third-order valence-electron chi connectivity index (χ3n) is 2.79. The van der Waals surface area contributed by atoms with Crippen LogP contribution < -0.4 is 10.6 Å². The summed E-state index contributed by atoms with van der Waals surface area (Å²) < 4.78 is 0.739. The molecule has 124 valence electrons. The number of nitrogens with one attached hydrogen (secondary N) is 2. The minimum Gasteiger partial charge on any atom is -0.360 e. The third-order valence-corrected chi connectivity index (χ3v) is 5.67. The van der Waals surface area contributed by atoms with Crippen molar-refractivity contribution in [3.8, 4) is 0 Å². The number of benzene rings is 1. The molecule has 2 aromatic rings. The van der Waals surface area contributed by atoms with Crippen LogP contribution in [0.4, 0.5) is 10.8 Å². The second kappa shape index (κ2) is 8.73. The normalized spacial score (nSPS) is 12.0. The molecule has 1 unspecified atom stereocenters. The monoisotopic (exact) mass is 390 g/mol. The highest BCUT2D eigenvalue weighted by atomic mass is 35.5. The smallest absolute Gasteiger partial charge is 0.237 e. The first kappa shape index (κ1) is 18.3. The highest BCUT2D eigenvalue weighted by Gasteiger charge is 2.18. The molecular weight excluding hydrogens is 375 g/mol. The fourth-order valence-corrected chi connectivity index (χ4v) is 3.87. The summed E-state index contributed by atoms with van der Waals surface area (Å²) in [5.74, 6) is -0.169. The molecule has 1 aromatic carbocycles. The molecule has 9 heteroatoms. The average Bonchev–Trinajstić information content (AvgIpc) is 2.97. The Morgan fingerprint density at radius 2 is 2.17 bits per heavy atom. The summed E-state index contributed by atoms with van der Waals surface area (Å²) in [5.41, 5.74) is 0.499. The summed E-state index contributed by atoms with van der Waals surface area (Å²) in [7, 11) is 0. The first-order valence-electron chi connectivity index (χ1n) is 7.00. The summed E-state index contributed by atoms with van der Waals surface area (Å²) >= 11 is 14.8. The van der Waals surface area contributed by atoms with Crippen LogP contribution in [-0.4, -0.2) is 27.9 Å². The highest BCUT2D eigenvalue weighted by molar-refractivity contribution is 8.02. The Morgan fingerprint density at radius 1 is 1.39 bits per heavy atom. The van der Waals surface area contributed by atoms with Crippen LogP contribution >= 0.6 is 46.3 Å². The van der Waals surface area contributed by atoms with Gasteiger partial charge in [-0.15, -0.1) is 10.2 Å². The van der Waals surface area contributed by atoms with Gasteiger partial charge in [-0.1, -0.05) is 59.3 Å². The molecule has 0 radical (unpaired) electrons. The SMILES string of the molecule is CCCNc1nnc(SC(C)C(=O)Nc2cccc(Cl)c2Cl)s1. The van der Waals surface area contributed by atoms with Crippen LogP contribution in [0.2, 0.25) is 10.0 Å². The number of hydrogen-bond acceptors (Lipinski definition) is 6. The van der Waals surface area contributed by atoms with Crippen molar-refractivity contribution in [2.75, 3.05) is 17.2 Å². The van der Waals surface area contributed by atoms with Crippen molar-refractivity contribution < 1.29 is 4.79 Å². The van der Waals surface area contributed by atoms with E-state index in [9.17, 15) is 4.79 Å². The first-order chi connectivity index (χ1) is 11.0. The van der Waals surface area contributed by atoms with Gasteiger partial charge in [0.05, 0.1) is 21.0 Å². The van der Waals surface area contributed by atoms with Gasteiger partial charge in [-0.3, -0.25) is 4.79 Å². The number of thioether (sulfide) groups is 1. The molecule has 0 aliphatic carbocycles. The van der Waals surface area contributed by atoms with E-state index in [-0.39, 0.29) is 11.2 Å². The molecule has 1 aromatic heterocycles. The number of rotatable bonds is 7. The summed E-state index contributed by atoms with van der Waals surface area (Å²) in [6.45, 7) is 4.73. The van der Waals surface area contributed by atoms with E-state index in [4.69, 9.17) is 23.2 Å². The lowest BCUT2D eigenvalue weighted by Gasteiger charge is -2.11. The zero-order valence-corrected chi connectivity index (χ0v) is 15.7. The molecule has 2 rings (SSSR count). The molecule has 1 heterocycles. The second-order valence-electron chi connectivity index (χ2n) is 4.65. The van der Waals surface area contributed by atoms with E-state index in [2.05, 4.69) is 27.8 Å². The Kier molecular flexibility index (Phi) is 6.95. The number of amides is 1. The number of nitrogens with zero attached hydrogens (tertiary/aromatic N) is 2. The summed E-state index contributed by atoms with van der Waals surface area (Å²) in [5, 5.41) is 15.2. The van der Waals surface area contributed by atoms with E-state index in [0.29, 0.717) is 15.7 Å². The summed E-state index contributed by atoms with van der Waals surface area (Å²) in [4.78, 5) is 12.3. The van der Waals surface area contributed by atoms with Crippen molar-refractivity contribution in [3.05, 3.63) is 28.2 Å². The molecule has 0 fully saturated rings. The van der Waals surface area contributed by atoms with Gasteiger partial charge < -0.3 is 10.6 Å². The van der Waals surface area contributed by atoms with Crippen LogP contribution in [0.5, 0.6) is 0 Å². The van der Waals surface area contributed by atoms with Gasteiger partial charge in [0.25, 0.3) is 0 Å². The molecule has 5 nitrogen and oxygen atoms in total. The van der Waals surface area contributed by atoms with Crippen LogP contribution in [0.15, 0.2) is 22.5 Å². The summed E-state index contributed by atoms with van der Waals surface area (Å²) in [6.07, 6.45) is 1.02. The average molecular weight is 391 g/mol. The lowest BCUT2D eigenvalue weighted by Crippen LogP contribution is -2.22. The van der Waals surface area contributed by atoms with Crippen molar-refractivity contribution >= 4 is 63.0 Å². The van der Waals surface area contributed by atoms with Crippen LogP contribution in [0, 0.1) is 0 Å². The fraction of sp³-hybridized carbons (Fsp3) is 0.357. The van der Waals surface area contributed by atoms with E-state index < -0.39 is 0 Å². The van der Waals surface area contributed by atoms with E-state index in [1.165, 1.54) is 23.1 Å². The van der Waals surface area contributed by atoms with Gasteiger partial charge in [0.1, 0.15) is 0 Å². The molecule has 2 N–H and O–H groups in total. The predicted octanol–water partition coefficient (Wildman–Crippen LogP) is 4.79. The topological polar surface area (TPSA) is 66.9 Å². The van der Waals surface area contributed by atoms with E-state index in [1.807, 2.05) is 0 Å². The minimum absolute atomic E-state index is 0.169. The maximum Gasteiger partial charge on any atom is 0.237 e. The summed E-state index contributed by atoms with van der Waals surface area (Å²) in [6, 6.07) is 5.11. The molecule has 0 saturated heterocycles. The van der Waals surface area contributed by atoms with Gasteiger partial charge in [0.15, 0.2) is 4.34 Å². The van der Waals surface area contributed by atoms with Gasteiger partial charge in [-0.05, 0) is 25.5 Å². The number of hydrogen-bond donors (Lipinski definition) is 2. The van der Waals surface area contributed by atoms with Crippen molar-refractivity contribution in [1.29, 1.82) is 0 Å². The van der Waals surface area contributed by atoms with Crippen molar-refractivity contribution in [1.82, 2.24) is 10.2 Å². The highest BCUT2D eigenvalue weighted by Crippen LogP contribution is 2.32. The van der Waals surface area contributed by atoms with E-state index >= 15 is 0 Å². The van der Waals surface area contributed by atoms with E-state index in [0.717, 1.165) is 22.4 Å². The van der Waals surface area contributed by atoms with Crippen LogP contribution in [-0.2, 0) is 4.79 Å². The van der Waals surface area contributed by atoms with Crippen LogP contribution in [0.3, 0.4) is 0 Å². The standard InChI is InChI=1S/C14H16Cl2N4OS2/c1-3-7-17-13-19-20-14(23-13)22-8(2)12(21)18-10-6-4-5-9(15)11(10)16/h4-6,8H,3,7H2,1-2H3,(H,17,19)(H,18,21). The molecule has 0 aliphatic rings. The zero-order chi connectivity index (χ0) is 16.8. The Bertz CT molecular complexity index is 681. The van der Waals surface area contributed by atoms with Gasteiger partial charge in [-0.25, -0.2) is 0 Å². The van der Waals surface area contributed by atoms with Crippen molar-refractivity contribution in [3.63, 3.8) is 0 Å². The van der Waals surface area contributed by atoms with Gasteiger partial charge in [-0.2, -0.15) is 0 Å². The third kappa shape index (κ3) is 5.24. The Hall–Kier alpha value is -1.02. The maximum atomic E-state index is 12.3. The Balaban J connectivity index is 1.94. The fourth-order valence-electron chi connectivity index (χ4n) is 1.60. The lowest BCUT2D eigenvalue weighted by atomic mass is 10.3. The molecule has 0 aliphatic heterocycles. The van der Waals surface area contributed by atoms with Crippen LogP contribution in [0.1, 0.15) is 20.3 Å². The molecule has 1 atom stereocenters. The number of halogens is 2. The second-order valence-corrected chi connectivity index (χ2v) is 8.00. The van der Waals surface area contributed by atoms with Gasteiger partial charge in [0, 0.05) is 6.54 Å².